The van der Waals surface area contributed by atoms with E-state index in [1.807, 2.05) is 6.92 Å². The smallest absolute Gasteiger partial charge is 0.251 e. The van der Waals surface area contributed by atoms with Crippen LogP contribution in [0.15, 0.2) is 18.2 Å². The molecule has 1 aromatic carbocycles. The van der Waals surface area contributed by atoms with Gasteiger partial charge in [-0.2, -0.15) is 4.31 Å². The first-order valence-electron chi connectivity index (χ1n) is 8.63. The zero-order chi connectivity index (χ0) is 20.2. The van der Waals surface area contributed by atoms with Gasteiger partial charge in [0.05, 0.1) is 16.3 Å². The summed E-state index contributed by atoms with van der Waals surface area (Å²) >= 11 is 11.8. The second kappa shape index (κ2) is 9.23. The van der Waals surface area contributed by atoms with Crippen LogP contribution in [0.3, 0.4) is 0 Å². The Labute approximate surface area is 169 Å². The van der Waals surface area contributed by atoms with E-state index in [0.717, 1.165) is 6.26 Å². The summed E-state index contributed by atoms with van der Waals surface area (Å²) < 4.78 is 24.5. The molecule has 150 valence electrons. The molecule has 2 amide bonds. The molecule has 10 heteroatoms. The standard InChI is InChI=1S/C17H23Cl2N3O4S/c1-3-4-15(20-16(23)12-5-6-13(18)14(19)11-12)17(24)21-7-9-22(10-8-21)27(2,25)26/h5-6,11,15H,3-4,7-10H2,1-2H3,(H,20,23)/t15-/m0/s1. The maximum Gasteiger partial charge on any atom is 0.251 e. The molecule has 0 spiro atoms. The third-order valence-electron chi connectivity index (χ3n) is 4.38. The zero-order valence-electron chi connectivity index (χ0n) is 15.2. The van der Waals surface area contributed by atoms with Crippen LogP contribution in [-0.4, -0.2) is 67.9 Å². The molecule has 27 heavy (non-hydrogen) atoms. The summed E-state index contributed by atoms with van der Waals surface area (Å²) in [6.07, 6.45) is 2.35. The minimum Gasteiger partial charge on any atom is -0.340 e. The van der Waals surface area contributed by atoms with Gasteiger partial charge < -0.3 is 10.2 Å². The molecule has 2 rings (SSSR count). The van der Waals surface area contributed by atoms with E-state index in [9.17, 15) is 18.0 Å². The third-order valence-corrected chi connectivity index (χ3v) is 6.42. The van der Waals surface area contributed by atoms with Crippen molar-refractivity contribution in [2.24, 2.45) is 0 Å². The van der Waals surface area contributed by atoms with Crippen LogP contribution in [0.2, 0.25) is 10.0 Å². The molecule has 0 aromatic heterocycles. The second-order valence-corrected chi connectivity index (χ2v) is 9.23. The fraction of sp³-hybridized carbons (Fsp3) is 0.529. The van der Waals surface area contributed by atoms with E-state index in [-0.39, 0.29) is 24.0 Å². The molecule has 0 aliphatic carbocycles. The van der Waals surface area contributed by atoms with Crippen molar-refractivity contribution in [2.45, 2.75) is 25.8 Å². The lowest BCUT2D eigenvalue weighted by molar-refractivity contribution is -0.134. The molecule has 1 fully saturated rings. The number of halogens is 2. The minimum absolute atomic E-state index is 0.210. The number of hydrogen-bond acceptors (Lipinski definition) is 4. The van der Waals surface area contributed by atoms with Gasteiger partial charge in [-0.25, -0.2) is 8.42 Å². The molecule has 7 nitrogen and oxygen atoms in total. The van der Waals surface area contributed by atoms with E-state index in [1.165, 1.54) is 16.4 Å². The molecule has 1 aliphatic rings. The Balaban J connectivity index is 2.04. The molecule has 1 atom stereocenters. The fourth-order valence-electron chi connectivity index (χ4n) is 2.89. The van der Waals surface area contributed by atoms with Crippen molar-refractivity contribution in [2.75, 3.05) is 32.4 Å². The number of piperazine rings is 1. The van der Waals surface area contributed by atoms with Crippen LogP contribution in [0.1, 0.15) is 30.1 Å². The molecule has 1 aliphatic heterocycles. The summed E-state index contributed by atoms with van der Waals surface area (Å²) in [7, 11) is -3.27. The van der Waals surface area contributed by atoms with Crippen LogP contribution >= 0.6 is 23.2 Å². The van der Waals surface area contributed by atoms with E-state index in [1.54, 1.807) is 11.0 Å². The number of amides is 2. The van der Waals surface area contributed by atoms with Crippen molar-refractivity contribution in [3.63, 3.8) is 0 Å². The number of nitrogens with one attached hydrogen (secondary N) is 1. The zero-order valence-corrected chi connectivity index (χ0v) is 17.6. The van der Waals surface area contributed by atoms with Crippen molar-refractivity contribution in [1.82, 2.24) is 14.5 Å². The average molecular weight is 436 g/mol. The predicted octanol–water partition coefficient (Wildman–Crippen LogP) is 2.00. The largest absolute Gasteiger partial charge is 0.340 e. The van der Waals surface area contributed by atoms with Crippen LogP contribution in [0, 0.1) is 0 Å². The van der Waals surface area contributed by atoms with Gasteiger partial charge in [0.2, 0.25) is 15.9 Å². The number of rotatable bonds is 6. The van der Waals surface area contributed by atoms with E-state index in [2.05, 4.69) is 5.32 Å². The first kappa shape index (κ1) is 21.9. The van der Waals surface area contributed by atoms with Gasteiger partial charge >= 0.3 is 0 Å². The second-order valence-electron chi connectivity index (χ2n) is 6.43. The SMILES string of the molecule is CCC[C@H](NC(=O)c1ccc(Cl)c(Cl)c1)C(=O)N1CCN(S(C)(=O)=O)CC1. The van der Waals surface area contributed by atoms with Crippen molar-refractivity contribution < 1.29 is 18.0 Å². The summed E-state index contributed by atoms with van der Waals surface area (Å²) in [4.78, 5) is 26.9. The van der Waals surface area contributed by atoms with Gasteiger partial charge in [0.15, 0.2) is 0 Å². The van der Waals surface area contributed by atoms with Gasteiger partial charge in [0.25, 0.3) is 5.91 Å². The van der Waals surface area contributed by atoms with Gasteiger partial charge in [0, 0.05) is 31.7 Å². The third kappa shape index (κ3) is 5.81. The van der Waals surface area contributed by atoms with Crippen molar-refractivity contribution in [1.29, 1.82) is 0 Å². The summed E-state index contributed by atoms with van der Waals surface area (Å²) in [6.45, 7) is 3.03. The number of sulfonamides is 1. The van der Waals surface area contributed by atoms with Crippen LogP contribution in [0.5, 0.6) is 0 Å². The molecule has 0 radical (unpaired) electrons. The Morgan fingerprint density at radius 3 is 2.30 bits per heavy atom. The van der Waals surface area contributed by atoms with Crippen LogP contribution in [-0.2, 0) is 14.8 Å². The van der Waals surface area contributed by atoms with Gasteiger partial charge in [-0.05, 0) is 24.6 Å². The molecule has 0 bridgehead atoms. The van der Waals surface area contributed by atoms with Gasteiger partial charge in [-0.1, -0.05) is 36.5 Å². The fourth-order valence-corrected chi connectivity index (χ4v) is 4.01. The van der Waals surface area contributed by atoms with Gasteiger partial charge in [-0.3, -0.25) is 9.59 Å². The Hall–Kier alpha value is -1.35. The lowest BCUT2D eigenvalue weighted by atomic mass is 10.1. The number of carbonyl (C=O) groups is 2. The molecular formula is C17H23Cl2N3O4S. The number of nitrogens with zero attached hydrogens (tertiary/aromatic N) is 2. The van der Waals surface area contributed by atoms with Crippen molar-refractivity contribution in [3.8, 4) is 0 Å². The van der Waals surface area contributed by atoms with Gasteiger partial charge in [-0.15, -0.1) is 0 Å². The van der Waals surface area contributed by atoms with Crippen molar-refractivity contribution in [3.05, 3.63) is 33.8 Å². The van der Waals surface area contributed by atoms with Crippen molar-refractivity contribution >= 4 is 45.0 Å². The molecule has 1 N–H and O–H groups in total. The summed E-state index contributed by atoms with van der Waals surface area (Å²) in [5, 5.41) is 3.36. The first-order chi connectivity index (χ1) is 12.6. The molecule has 0 saturated carbocycles. The number of hydrogen-bond donors (Lipinski definition) is 1. The average Bonchev–Trinajstić information content (AvgIpc) is 2.62. The lowest BCUT2D eigenvalue weighted by Crippen LogP contribution is -2.55. The Morgan fingerprint density at radius 2 is 1.78 bits per heavy atom. The highest BCUT2D eigenvalue weighted by Crippen LogP contribution is 2.22. The highest BCUT2D eigenvalue weighted by molar-refractivity contribution is 7.88. The van der Waals surface area contributed by atoms with Crippen LogP contribution in [0.4, 0.5) is 0 Å². The Morgan fingerprint density at radius 1 is 1.15 bits per heavy atom. The number of carbonyl (C=O) groups excluding carboxylic acids is 2. The van der Waals surface area contributed by atoms with E-state index in [0.29, 0.717) is 36.5 Å². The maximum atomic E-state index is 12.8. The van der Waals surface area contributed by atoms with Gasteiger partial charge in [0.1, 0.15) is 6.04 Å². The molecule has 1 saturated heterocycles. The summed E-state index contributed by atoms with van der Waals surface area (Å²) in [5.74, 6) is -0.617. The monoisotopic (exact) mass is 435 g/mol. The quantitative estimate of drug-likeness (QED) is 0.739. The number of benzene rings is 1. The topological polar surface area (TPSA) is 86.8 Å². The van der Waals surface area contributed by atoms with Crippen LogP contribution < -0.4 is 5.32 Å². The molecule has 1 heterocycles. The summed E-state index contributed by atoms with van der Waals surface area (Å²) in [6, 6.07) is 3.85. The van der Waals surface area contributed by atoms with Crippen LogP contribution in [0.25, 0.3) is 0 Å². The Bertz CT molecular complexity index is 808. The Kier molecular flexibility index (Phi) is 7.50. The highest BCUT2D eigenvalue weighted by Gasteiger charge is 2.30. The maximum absolute atomic E-state index is 12.8. The molecule has 0 unspecified atom stereocenters. The normalized spacial score (nSPS) is 16.8. The predicted molar refractivity (Wildman–Crippen MR) is 106 cm³/mol. The lowest BCUT2D eigenvalue weighted by Gasteiger charge is -2.35. The van der Waals surface area contributed by atoms with E-state index in [4.69, 9.17) is 23.2 Å². The highest BCUT2D eigenvalue weighted by atomic mass is 35.5. The first-order valence-corrected chi connectivity index (χ1v) is 11.2. The molecular weight excluding hydrogens is 413 g/mol. The van der Waals surface area contributed by atoms with E-state index >= 15 is 0 Å². The molecule has 1 aromatic rings. The summed E-state index contributed by atoms with van der Waals surface area (Å²) in [5.41, 5.74) is 0.320. The minimum atomic E-state index is -3.27. The van der Waals surface area contributed by atoms with E-state index < -0.39 is 22.0 Å².